The van der Waals surface area contributed by atoms with Crippen molar-refractivity contribution in [1.82, 2.24) is 0 Å². The van der Waals surface area contributed by atoms with E-state index in [1.165, 1.54) is 38.5 Å². The van der Waals surface area contributed by atoms with E-state index in [9.17, 15) is 10.2 Å². The van der Waals surface area contributed by atoms with Gasteiger partial charge in [0.1, 0.15) is 0 Å². The molecule has 4 aliphatic carbocycles. The van der Waals surface area contributed by atoms with E-state index in [2.05, 4.69) is 19.9 Å². The second-order valence-corrected chi connectivity index (χ2v) is 9.55. The molecular weight excluding hydrogens is 284 g/mol. The van der Waals surface area contributed by atoms with Crippen molar-refractivity contribution < 1.29 is 10.2 Å². The van der Waals surface area contributed by atoms with Crippen molar-refractivity contribution in [1.29, 1.82) is 0 Å². The molecule has 0 aliphatic heterocycles. The van der Waals surface area contributed by atoms with Gasteiger partial charge in [-0.3, -0.25) is 0 Å². The molecule has 2 nitrogen and oxygen atoms in total. The Morgan fingerprint density at radius 1 is 1.09 bits per heavy atom. The van der Waals surface area contributed by atoms with Crippen LogP contribution in [-0.2, 0) is 0 Å². The van der Waals surface area contributed by atoms with Gasteiger partial charge in [-0.25, -0.2) is 0 Å². The van der Waals surface area contributed by atoms with Gasteiger partial charge in [0, 0.05) is 5.41 Å². The molecule has 0 bridgehead atoms. The zero-order chi connectivity index (χ0) is 16.5. The van der Waals surface area contributed by atoms with Gasteiger partial charge in [-0.05, 0) is 87.9 Å². The van der Waals surface area contributed by atoms with E-state index in [0.717, 1.165) is 31.1 Å². The van der Waals surface area contributed by atoms with Crippen LogP contribution in [0.1, 0.15) is 78.6 Å². The first-order valence-corrected chi connectivity index (χ1v) is 9.93. The summed E-state index contributed by atoms with van der Waals surface area (Å²) in [5, 5.41) is 21.5. The van der Waals surface area contributed by atoms with Gasteiger partial charge in [-0.2, -0.15) is 0 Å². The first-order chi connectivity index (χ1) is 10.8. The van der Waals surface area contributed by atoms with E-state index in [1.54, 1.807) is 12.5 Å². The van der Waals surface area contributed by atoms with Crippen LogP contribution < -0.4 is 0 Å². The highest BCUT2D eigenvalue weighted by Gasteiger charge is 2.64. The molecule has 0 amide bonds. The molecule has 0 unspecified atom stereocenters. The van der Waals surface area contributed by atoms with Gasteiger partial charge in [0.2, 0.25) is 0 Å². The molecule has 130 valence electrons. The third kappa shape index (κ3) is 1.94. The molecule has 0 aromatic heterocycles. The Labute approximate surface area is 141 Å². The lowest BCUT2D eigenvalue weighted by Crippen LogP contribution is -2.58. The Morgan fingerprint density at radius 2 is 1.83 bits per heavy atom. The van der Waals surface area contributed by atoms with Gasteiger partial charge in [-0.1, -0.05) is 25.5 Å². The monoisotopic (exact) mass is 318 g/mol. The molecule has 0 heterocycles. The van der Waals surface area contributed by atoms with E-state index < -0.39 is 11.7 Å². The molecular formula is C21H34O2. The van der Waals surface area contributed by atoms with Gasteiger partial charge in [0.25, 0.3) is 0 Å². The fraction of sp³-hybridized carbons (Fsp3) is 0.905. The van der Waals surface area contributed by atoms with Crippen LogP contribution >= 0.6 is 0 Å². The SMILES string of the molecule is C[C@H](O)[C@@]1(O)CC[C@H]2[C@@H]3CCC4=CCCC[C@]4(C)[C@H]3CC[C@@]21C. The predicted molar refractivity (Wildman–Crippen MR) is 93.0 cm³/mol. The number of fused-ring (bicyclic) bond motifs is 5. The third-order valence-corrected chi connectivity index (χ3v) is 8.93. The summed E-state index contributed by atoms with van der Waals surface area (Å²) in [5.74, 6) is 2.15. The summed E-state index contributed by atoms with van der Waals surface area (Å²) in [7, 11) is 0. The van der Waals surface area contributed by atoms with Crippen molar-refractivity contribution >= 4 is 0 Å². The predicted octanol–water partition coefficient (Wildman–Crippen LogP) is 4.45. The summed E-state index contributed by atoms with van der Waals surface area (Å²) in [6, 6.07) is 0. The minimum atomic E-state index is -0.869. The van der Waals surface area contributed by atoms with Crippen molar-refractivity contribution in [2.24, 2.45) is 28.6 Å². The molecule has 3 fully saturated rings. The number of allylic oxidation sites excluding steroid dienone is 2. The van der Waals surface area contributed by atoms with E-state index in [-0.39, 0.29) is 5.41 Å². The van der Waals surface area contributed by atoms with Gasteiger partial charge in [-0.15, -0.1) is 0 Å². The average Bonchev–Trinajstić information content (AvgIpc) is 2.80. The highest BCUT2D eigenvalue weighted by molar-refractivity contribution is 5.25. The summed E-state index contributed by atoms with van der Waals surface area (Å²) in [5.41, 5.74) is 1.21. The minimum absolute atomic E-state index is 0.0887. The highest BCUT2D eigenvalue weighted by atomic mass is 16.3. The van der Waals surface area contributed by atoms with Crippen LogP contribution in [0.25, 0.3) is 0 Å². The Kier molecular flexibility index (Phi) is 3.57. The zero-order valence-electron chi connectivity index (χ0n) is 15.1. The van der Waals surface area contributed by atoms with Gasteiger partial charge < -0.3 is 10.2 Å². The molecule has 0 aromatic carbocycles. The zero-order valence-corrected chi connectivity index (χ0v) is 15.1. The number of aliphatic hydroxyl groups excluding tert-OH is 1. The standard InChI is InChI=1S/C21H34O2/c1-14(22)21(23)13-10-18-16-8-7-15-6-4-5-11-19(15,2)17(16)9-12-20(18,21)3/h6,14,16-18,22-23H,4-5,7-13H2,1-3H3/t14-,16+,17-,18-,19-,20-,21-/m0/s1. The van der Waals surface area contributed by atoms with Crippen LogP contribution in [0.4, 0.5) is 0 Å². The van der Waals surface area contributed by atoms with Crippen LogP contribution in [0.2, 0.25) is 0 Å². The number of hydrogen-bond acceptors (Lipinski definition) is 2. The Bertz CT molecular complexity index is 524. The minimum Gasteiger partial charge on any atom is -0.390 e. The quantitative estimate of drug-likeness (QED) is 0.701. The Hall–Kier alpha value is -0.340. The molecule has 7 atom stereocenters. The maximum atomic E-state index is 11.2. The topological polar surface area (TPSA) is 40.5 Å². The van der Waals surface area contributed by atoms with Crippen molar-refractivity contribution in [3.05, 3.63) is 11.6 Å². The smallest absolute Gasteiger partial charge is 0.0958 e. The van der Waals surface area contributed by atoms with Crippen LogP contribution in [0.3, 0.4) is 0 Å². The molecule has 0 saturated heterocycles. The molecule has 0 aromatic rings. The molecule has 3 saturated carbocycles. The van der Waals surface area contributed by atoms with Crippen LogP contribution in [0.15, 0.2) is 11.6 Å². The van der Waals surface area contributed by atoms with Crippen molar-refractivity contribution in [2.75, 3.05) is 0 Å². The lowest BCUT2D eigenvalue weighted by molar-refractivity contribution is -0.171. The summed E-state index contributed by atoms with van der Waals surface area (Å²) in [6.07, 6.45) is 12.7. The van der Waals surface area contributed by atoms with Gasteiger partial charge >= 0.3 is 0 Å². The van der Waals surface area contributed by atoms with E-state index >= 15 is 0 Å². The molecule has 2 N–H and O–H groups in total. The molecule has 4 rings (SSSR count). The molecule has 0 spiro atoms. The number of hydrogen-bond donors (Lipinski definition) is 2. The van der Waals surface area contributed by atoms with Crippen LogP contribution in [0.5, 0.6) is 0 Å². The lowest BCUT2D eigenvalue weighted by atomic mass is 9.46. The van der Waals surface area contributed by atoms with Crippen LogP contribution in [0, 0.1) is 28.6 Å². The largest absolute Gasteiger partial charge is 0.390 e. The Morgan fingerprint density at radius 3 is 2.57 bits per heavy atom. The van der Waals surface area contributed by atoms with Gasteiger partial charge in [0.15, 0.2) is 0 Å². The highest BCUT2D eigenvalue weighted by Crippen LogP contribution is 2.68. The first kappa shape index (κ1) is 16.1. The number of aliphatic hydroxyl groups is 2. The normalized spacial score (nSPS) is 53.8. The van der Waals surface area contributed by atoms with Crippen molar-refractivity contribution in [2.45, 2.75) is 90.3 Å². The van der Waals surface area contributed by atoms with E-state index in [1.807, 2.05) is 0 Å². The van der Waals surface area contributed by atoms with E-state index in [0.29, 0.717) is 11.3 Å². The summed E-state index contributed by atoms with van der Waals surface area (Å²) < 4.78 is 0. The second kappa shape index (κ2) is 5.08. The first-order valence-electron chi connectivity index (χ1n) is 9.93. The van der Waals surface area contributed by atoms with Crippen molar-refractivity contribution in [3.63, 3.8) is 0 Å². The van der Waals surface area contributed by atoms with Crippen LogP contribution in [-0.4, -0.2) is 21.9 Å². The summed E-state index contributed by atoms with van der Waals surface area (Å²) in [4.78, 5) is 0. The summed E-state index contributed by atoms with van der Waals surface area (Å²) in [6.45, 7) is 6.61. The lowest BCUT2D eigenvalue weighted by Gasteiger charge is -2.59. The Balaban J connectivity index is 1.68. The third-order valence-electron chi connectivity index (χ3n) is 8.93. The molecule has 4 aliphatic rings. The second-order valence-electron chi connectivity index (χ2n) is 9.55. The number of rotatable bonds is 1. The fourth-order valence-electron chi connectivity index (χ4n) is 7.49. The summed E-state index contributed by atoms with van der Waals surface area (Å²) >= 11 is 0. The molecule has 23 heavy (non-hydrogen) atoms. The van der Waals surface area contributed by atoms with E-state index in [4.69, 9.17) is 0 Å². The average molecular weight is 319 g/mol. The maximum Gasteiger partial charge on any atom is 0.0958 e. The maximum absolute atomic E-state index is 11.2. The van der Waals surface area contributed by atoms with Crippen molar-refractivity contribution in [3.8, 4) is 0 Å². The van der Waals surface area contributed by atoms with Gasteiger partial charge in [0.05, 0.1) is 11.7 Å². The molecule has 0 radical (unpaired) electrons. The fourth-order valence-corrected chi connectivity index (χ4v) is 7.49. The molecule has 2 heteroatoms.